The normalized spacial score (nSPS) is 16.6. The first kappa shape index (κ1) is 9.19. The predicted molar refractivity (Wildman–Crippen MR) is 49.8 cm³/mol. The molecule has 1 fully saturated rings. The van der Waals surface area contributed by atoms with Gasteiger partial charge in [0.15, 0.2) is 0 Å². The molecule has 0 aliphatic heterocycles. The van der Waals surface area contributed by atoms with Gasteiger partial charge in [-0.05, 0) is 18.6 Å². The van der Waals surface area contributed by atoms with Crippen LogP contribution in [0.1, 0.15) is 18.4 Å². The summed E-state index contributed by atoms with van der Waals surface area (Å²) in [6.07, 6.45) is 0.856. The highest BCUT2D eigenvalue weighted by molar-refractivity contribution is 5.85. The average molecular weight is 194 g/mol. The van der Waals surface area contributed by atoms with Crippen LogP contribution in [0, 0.1) is 12.7 Å². The van der Waals surface area contributed by atoms with E-state index in [9.17, 15) is 9.18 Å². The number of hydrogen-bond donors (Lipinski definition) is 0. The van der Waals surface area contributed by atoms with Gasteiger partial charge in [-0.25, -0.2) is 4.39 Å². The third kappa shape index (κ3) is 1.76. The number of ether oxygens (including phenoxy) is 1. The van der Waals surface area contributed by atoms with E-state index >= 15 is 0 Å². The monoisotopic (exact) mass is 194 g/mol. The zero-order valence-electron chi connectivity index (χ0n) is 7.92. The van der Waals surface area contributed by atoms with E-state index in [4.69, 9.17) is 4.74 Å². The summed E-state index contributed by atoms with van der Waals surface area (Å²) in [5.74, 6) is 0.447. The van der Waals surface area contributed by atoms with Crippen LogP contribution >= 0.6 is 0 Å². The van der Waals surface area contributed by atoms with Gasteiger partial charge in [0, 0.05) is 18.9 Å². The Labute approximate surface area is 81.7 Å². The number of ketones is 1. The zero-order valence-corrected chi connectivity index (χ0v) is 7.92. The molecule has 1 aliphatic rings. The second kappa shape index (κ2) is 3.40. The van der Waals surface area contributed by atoms with Crippen LogP contribution in [0.5, 0.6) is 5.75 Å². The first-order valence-electron chi connectivity index (χ1n) is 4.59. The fraction of sp³-hybridized carbons (Fsp3) is 0.364. The van der Waals surface area contributed by atoms with E-state index in [1.807, 2.05) is 6.92 Å². The van der Waals surface area contributed by atoms with Crippen molar-refractivity contribution in [3.05, 3.63) is 29.6 Å². The predicted octanol–water partition coefficient (Wildman–Crippen LogP) is 2.24. The molecule has 2 rings (SSSR count). The highest BCUT2D eigenvalue weighted by Gasteiger charge is 2.28. The van der Waals surface area contributed by atoms with E-state index in [0.29, 0.717) is 18.6 Å². The second-order valence-electron chi connectivity index (χ2n) is 3.60. The number of halogens is 1. The van der Waals surface area contributed by atoms with E-state index in [0.717, 1.165) is 5.56 Å². The van der Waals surface area contributed by atoms with Crippen molar-refractivity contribution in [3.63, 3.8) is 0 Å². The Morgan fingerprint density at radius 1 is 1.43 bits per heavy atom. The lowest BCUT2D eigenvalue weighted by Gasteiger charge is -2.25. The SMILES string of the molecule is Cc1ccc(F)cc1OC1CC(=O)C1. The minimum Gasteiger partial charge on any atom is -0.489 e. The number of Topliss-reactive ketones (excluding diaryl/α,β-unsaturated/α-hetero) is 1. The van der Waals surface area contributed by atoms with Crippen molar-refractivity contribution < 1.29 is 13.9 Å². The minimum absolute atomic E-state index is 0.0528. The van der Waals surface area contributed by atoms with Gasteiger partial charge < -0.3 is 4.74 Å². The van der Waals surface area contributed by atoms with Crippen LogP contribution in [0.15, 0.2) is 18.2 Å². The molecule has 1 aromatic rings. The highest BCUT2D eigenvalue weighted by atomic mass is 19.1. The standard InChI is InChI=1S/C11H11FO2/c1-7-2-3-8(12)4-11(7)14-10-5-9(13)6-10/h2-4,10H,5-6H2,1H3. The Hall–Kier alpha value is -1.38. The summed E-state index contributed by atoms with van der Waals surface area (Å²) in [6, 6.07) is 4.43. The maximum absolute atomic E-state index is 12.8. The molecule has 1 saturated carbocycles. The van der Waals surface area contributed by atoms with Crippen molar-refractivity contribution in [2.24, 2.45) is 0 Å². The van der Waals surface area contributed by atoms with Gasteiger partial charge in [0.25, 0.3) is 0 Å². The average Bonchev–Trinajstić information content (AvgIpc) is 2.09. The van der Waals surface area contributed by atoms with Gasteiger partial charge in [-0.15, -0.1) is 0 Å². The van der Waals surface area contributed by atoms with Crippen LogP contribution in [0.25, 0.3) is 0 Å². The van der Waals surface area contributed by atoms with Gasteiger partial charge in [0.05, 0.1) is 0 Å². The number of carbonyl (C=O) groups excluding carboxylic acids is 1. The Balaban J connectivity index is 2.08. The van der Waals surface area contributed by atoms with Crippen LogP contribution in [-0.2, 0) is 4.79 Å². The molecular weight excluding hydrogens is 183 g/mol. The van der Waals surface area contributed by atoms with E-state index in [-0.39, 0.29) is 17.7 Å². The third-order valence-corrected chi connectivity index (χ3v) is 2.35. The van der Waals surface area contributed by atoms with Crippen molar-refractivity contribution in [1.29, 1.82) is 0 Å². The fourth-order valence-corrected chi connectivity index (χ4v) is 1.41. The highest BCUT2D eigenvalue weighted by Crippen LogP contribution is 2.25. The van der Waals surface area contributed by atoms with Crippen LogP contribution in [0.2, 0.25) is 0 Å². The van der Waals surface area contributed by atoms with Crippen LogP contribution in [0.4, 0.5) is 4.39 Å². The summed E-state index contributed by atoms with van der Waals surface area (Å²) < 4.78 is 18.3. The van der Waals surface area contributed by atoms with Crippen molar-refractivity contribution >= 4 is 5.78 Å². The van der Waals surface area contributed by atoms with Crippen molar-refractivity contribution in [1.82, 2.24) is 0 Å². The smallest absolute Gasteiger partial charge is 0.140 e. The van der Waals surface area contributed by atoms with E-state index in [1.54, 1.807) is 6.07 Å². The van der Waals surface area contributed by atoms with Crippen LogP contribution in [-0.4, -0.2) is 11.9 Å². The largest absolute Gasteiger partial charge is 0.489 e. The first-order valence-corrected chi connectivity index (χ1v) is 4.59. The Kier molecular flexibility index (Phi) is 2.23. The Morgan fingerprint density at radius 3 is 2.79 bits per heavy atom. The molecule has 0 spiro atoms. The molecule has 0 N–H and O–H groups in total. The zero-order chi connectivity index (χ0) is 10.1. The first-order chi connectivity index (χ1) is 6.65. The van der Waals surface area contributed by atoms with Gasteiger partial charge in [-0.1, -0.05) is 6.07 Å². The summed E-state index contributed by atoms with van der Waals surface area (Å²) in [6.45, 7) is 1.86. The van der Waals surface area contributed by atoms with Crippen molar-refractivity contribution in [2.45, 2.75) is 25.9 Å². The Morgan fingerprint density at radius 2 is 2.14 bits per heavy atom. The van der Waals surface area contributed by atoms with Gasteiger partial charge >= 0.3 is 0 Å². The summed E-state index contributed by atoms with van der Waals surface area (Å²) in [5.41, 5.74) is 0.894. The van der Waals surface area contributed by atoms with E-state index < -0.39 is 0 Å². The number of rotatable bonds is 2. The molecule has 0 unspecified atom stereocenters. The van der Waals surface area contributed by atoms with Crippen LogP contribution in [0.3, 0.4) is 0 Å². The minimum atomic E-state index is -0.309. The molecule has 2 nitrogen and oxygen atoms in total. The molecule has 14 heavy (non-hydrogen) atoms. The molecule has 0 aromatic heterocycles. The molecule has 0 saturated heterocycles. The van der Waals surface area contributed by atoms with Gasteiger partial charge in [-0.2, -0.15) is 0 Å². The molecule has 74 valence electrons. The number of benzene rings is 1. The number of carbonyl (C=O) groups is 1. The topological polar surface area (TPSA) is 26.3 Å². The summed E-state index contributed by atoms with van der Waals surface area (Å²) in [4.78, 5) is 10.7. The van der Waals surface area contributed by atoms with Gasteiger partial charge in [-0.3, -0.25) is 4.79 Å². The molecule has 1 aliphatic carbocycles. The maximum atomic E-state index is 12.8. The molecule has 0 amide bonds. The van der Waals surface area contributed by atoms with Crippen LogP contribution < -0.4 is 4.74 Å². The van der Waals surface area contributed by atoms with Gasteiger partial charge in [0.2, 0.25) is 0 Å². The number of aryl methyl sites for hydroxylation is 1. The van der Waals surface area contributed by atoms with Crippen molar-refractivity contribution in [2.75, 3.05) is 0 Å². The molecule has 0 bridgehead atoms. The Bertz CT molecular complexity index is 366. The van der Waals surface area contributed by atoms with E-state index in [1.165, 1.54) is 12.1 Å². The summed E-state index contributed by atoms with van der Waals surface area (Å²) in [5, 5.41) is 0. The molecule has 3 heteroatoms. The molecule has 0 heterocycles. The second-order valence-corrected chi connectivity index (χ2v) is 3.60. The lowest BCUT2D eigenvalue weighted by Crippen LogP contribution is -2.33. The summed E-state index contributed by atoms with van der Waals surface area (Å²) >= 11 is 0. The van der Waals surface area contributed by atoms with Gasteiger partial charge in [0.1, 0.15) is 23.5 Å². The lowest BCUT2D eigenvalue weighted by molar-refractivity contribution is -0.129. The lowest BCUT2D eigenvalue weighted by atomic mass is 9.94. The molecule has 0 atom stereocenters. The van der Waals surface area contributed by atoms with Crippen molar-refractivity contribution in [3.8, 4) is 5.75 Å². The molecule has 0 radical (unpaired) electrons. The quantitative estimate of drug-likeness (QED) is 0.721. The van der Waals surface area contributed by atoms with E-state index in [2.05, 4.69) is 0 Å². The summed E-state index contributed by atoms with van der Waals surface area (Å²) in [7, 11) is 0. The number of hydrogen-bond acceptors (Lipinski definition) is 2. The third-order valence-electron chi connectivity index (χ3n) is 2.35. The fourth-order valence-electron chi connectivity index (χ4n) is 1.41. The maximum Gasteiger partial charge on any atom is 0.140 e. The molecular formula is C11H11FO2. The molecule has 1 aromatic carbocycles.